The Kier molecular flexibility index (Phi) is 7.18. The molecule has 1 amide bonds. The first-order valence-corrected chi connectivity index (χ1v) is 6.58. The van der Waals surface area contributed by atoms with E-state index in [1.165, 1.54) is 12.8 Å². The van der Waals surface area contributed by atoms with Crippen LogP contribution in [0.1, 0.15) is 39.5 Å². The molecule has 5 heteroatoms. The highest BCUT2D eigenvalue weighted by atomic mass is 35.5. The quantitative estimate of drug-likeness (QED) is 0.816. The van der Waals surface area contributed by atoms with E-state index >= 15 is 0 Å². The van der Waals surface area contributed by atoms with Crippen LogP contribution in [0.4, 0.5) is 0 Å². The van der Waals surface area contributed by atoms with Gasteiger partial charge in [0.1, 0.15) is 0 Å². The van der Waals surface area contributed by atoms with E-state index in [1.54, 1.807) is 6.92 Å². The molecule has 0 aromatic carbocycles. The van der Waals surface area contributed by atoms with E-state index in [2.05, 4.69) is 31.2 Å². The number of nitrogens with two attached hydrogens (primary N) is 1. The van der Waals surface area contributed by atoms with Gasteiger partial charge in [-0.05, 0) is 39.8 Å². The maximum atomic E-state index is 11.6. The van der Waals surface area contributed by atoms with Crippen molar-refractivity contribution in [1.29, 1.82) is 0 Å². The third-order valence-electron chi connectivity index (χ3n) is 4.02. The lowest BCUT2D eigenvalue weighted by Crippen LogP contribution is -2.56. The Bertz CT molecular complexity index is 271. The van der Waals surface area contributed by atoms with Crippen molar-refractivity contribution in [2.75, 3.05) is 20.6 Å². The number of carbonyl (C=O) groups excluding carboxylic acids is 1. The highest BCUT2D eigenvalue weighted by molar-refractivity contribution is 5.85. The van der Waals surface area contributed by atoms with Crippen molar-refractivity contribution in [2.24, 2.45) is 11.7 Å². The SMILES string of the molecule is CC1CCCC(CNC(=O)C(C)N)(N(C)C)C1.Cl. The molecule has 1 rings (SSSR count). The molecule has 108 valence electrons. The summed E-state index contributed by atoms with van der Waals surface area (Å²) in [5, 5.41) is 2.99. The fraction of sp³-hybridized carbons (Fsp3) is 0.923. The first-order valence-electron chi connectivity index (χ1n) is 6.58. The lowest BCUT2D eigenvalue weighted by molar-refractivity contribution is -0.122. The van der Waals surface area contributed by atoms with Crippen LogP contribution in [-0.2, 0) is 4.79 Å². The molecule has 3 atom stereocenters. The summed E-state index contributed by atoms with van der Waals surface area (Å²) in [7, 11) is 4.21. The number of carbonyl (C=O) groups is 1. The maximum Gasteiger partial charge on any atom is 0.236 e. The van der Waals surface area contributed by atoms with Crippen molar-refractivity contribution in [1.82, 2.24) is 10.2 Å². The summed E-state index contributed by atoms with van der Waals surface area (Å²) in [5.74, 6) is 0.683. The molecule has 3 unspecified atom stereocenters. The van der Waals surface area contributed by atoms with Gasteiger partial charge in [0.15, 0.2) is 0 Å². The molecule has 1 saturated carbocycles. The molecule has 0 aromatic heterocycles. The molecule has 1 fully saturated rings. The Morgan fingerprint density at radius 3 is 2.61 bits per heavy atom. The molecule has 0 spiro atoms. The van der Waals surface area contributed by atoms with Crippen molar-refractivity contribution in [3.05, 3.63) is 0 Å². The van der Waals surface area contributed by atoms with E-state index in [9.17, 15) is 4.79 Å². The molecule has 0 heterocycles. The van der Waals surface area contributed by atoms with Gasteiger partial charge in [-0.15, -0.1) is 12.4 Å². The smallest absolute Gasteiger partial charge is 0.236 e. The summed E-state index contributed by atoms with van der Waals surface area (Å²) < 4.78 is 0. The van der Waals surface area contributed by atoms with Crippen LogP contribution in [-0.4, -0.2) is 43.0 Å². The van der Waals surface area contributed by atoms with Crippen molar-refractivity contribution in [3.63, 3.8) is 0 Å². The third-order valence-corrected chi connectivity index (χ3v) is 4.02. The average molecular weight is 278 g/mol. The first-order chi connectivity index (χ1) is 7.87. The summed E-state index contributed by atoms with van der Waals surface area (Å²) >= 11 is 0. The van der Waals surface area contributed by atoms with Gasteiger partial charge in [0.2, 0.25) is 5.91 Å². The van der Waals surface area contributed by atoms with Gasteiger partial charge < -0.3 is 16.0 Å². The second-order valence-corrected chi connectivity index (χ2v) is 5.83. The first kappa shape index (κ1) is 17.7. The molecular weight excluding hydrogens is 250 g/mol. The minimum atomic E-state index is -0.421. The van der Waals surface area contributed by atoms with E-state index < -0.39 is 6.04 Å². The second-order valence-electron chi connectivity index (χ2n) is 5.83. The van der Waals surface area contributed by atoms with Crippen LogP contribution >= 0.6 is 12.4 Å². The van der Waals surface area contributed by atoms with Crippen LogP contribution in [0.3, 0.4) is 0 Å². The molecule has 0 saturated heterocycles. The number of halogens is 1. The summed E-state index contributed by atoms with van der Waals surface area (Å²) in [4.78, 5) is 13.8. The molecule has 0 aliphatic heterocycles. The van der Waals surface area contributed by atoms with E-state index in [-0.39, 0.29) is 23.9 Å². The van der Waals surface area contributed by atoms with Crippen LogP contribution in [0.25, 0.3) is 0 Å². The summed E-state index contributed by atoms with van der Waals surface area (Å²) in [6.45, 7) is 4.73. The molecule has 1 aliphatic carbocycles. The van der Waals surface area contributed by atoms with Gasteiger partial charge in [-0.25, -0.2) is 0 Å². The summed E-state index contributed by atoms with van der Waals surface area (Å²) in [6.07, 6.45) is 4.85. The summed E-state index contributed by atoms with van der Waals surface area (Å²) in [6, 6.07) is -0.421. The topological polar surface area (TPSA) is 58.4 Å². The lowest BCUT2D eigenvalue weighted by atomic mass is 9.75. The summed E-state index contributed by atoms with van der Waals surface area (Å²) in [5.41, 5.74) is 5.69. The number of rotatable bonds is 4. The number of nitrogens with zero attached hydrogens (tertiary/aromatic N) is 1. The van der Waals surface area contributed by atoms with E-state index in [1.807, 2.05) is 0 Å². The Morgan fingerprint density at radius 2 is 2.17 bits per heavy atom. The zero-order valence-electron chi connectivity index (χ0n) is 12.0. The van der Waals surface area contributed by atoms with Crippen LogP contribution in [0.2, 0.25) is 0 Å². The lowest BCUT2D eigenvalue weighted by Gasteiger charge is -2.45. The van der Waals surface area contributed by atoms with Gasteiger partial charge in [0.05, 0.1) is 6.04 Å². The van der Waals surface area contributed by atoms with Gasteiger partial charge in [-0.3, -0.25) is 4.79 Å². The van der Waals surface area contributed by atoms with Crippen molar-refractivity contribution in [3.8, 4) is 0 Å². The molecular formula is C13H28ClN3O. The van der Waals surface area contributed by atoms with Gasteiger partial charge in [-0.1, -0.05) is 19.8 Å². The minimum Gasteiger partial charge on any atom is -0.353 e. The highest BCUT2D eigenvalue weighted by Crippen LogP contribution is 2.35. The number of amides is 1. The van der Waals surface area contributed by atoms with Crippen LogP contribution in [0.15, 0.2) is 0 Å². The molecule has 0 bridgehead atoms. The predicted octanol–water partition coefficient (Wildman–Crippen LogP) is 1.38. The Morgan fingerprint density at radius 1 is 1.56 bits per heavy atom. The monoisotopic (exact) mass is 277 g/mol. The normalized spacial score (nSPS) is 29.6. The van der Waals surface area contributed by atoms with Crippen molar-refractivity contribution >= 4 is 18.3 Å². The minimum absolute atomic E-state index is 0. The molecule has 3 N–H and O–H groups in total. The molecule has 0 aromatic rings. The van der Waals surface area contributed by atoms with Gasteiger partial charge in [0, 0.05) is 12.1 Å². The molecule has 18 heavy (non-hydrogen) atoms. The number of hydrogen-bond donors (Lipinski definition) is 2. The number of nitrogens with one attached hydrogen (secondary N) is 1. The molecule has 1 aliphatic rings. The van der Waals surface area contributed by atoms with Crippen LogP contribution in [0.5, 0.6) is 0 Å². The van der Waals surface area contributed by atoms with Crippen molar-refractivity contribution < 1.29 is 4.79 Å². The average Bonchev–Trinajstić information content (AvgIpc) is 2.25. The maximum absolute atomic E-state index is 11.6. The zero-order chi connectivity index (χ0) is 13.1. The molecule has 4 nitrogen and oxygen atoms in total. The van der Waals surface area contributed by atoms with E-state index in [4.69, 9.17) is 5.73 Å². The second kappa shape index (κ2) is 7.31. The number of likely N-dealkylation sites (N-methyl/N-ethyl adjacent to an activating group) is 1. The van der Waals surface area contributed by atoms with E-state index in [0.29, 0.717) is 6.54 Å². The largest absolute Gasteiger partial charge is 0.353 e. The van der Waals surface area contributed by atoms with Crippen LogP contribution < -0.4 is 11.1 Å². The Hall–Kier alpha value is -0.320. The Labute approximate surface area is 117 Å². The number of hydrogen-bond acceptors (Lipinski definition) is 3. The highest BCUT2D eigenvalue weighted by Gasteiger charge is 2.37. The van der Waals surface area contributed by atoms with E-state index in [0.717, 1.165) is 18.8 Å². The third kappa shape index (κ3) is 4.41. The fourth-order valence-electron chi connectivity index (χ4n) is 2.77. The zero-order valence-corrected chi connectivity index (χ0v) is 12.8. The Balaban J connectivity index is 0.00000289. The van der Waals surface area contributed by atoms with Crippen LogP contribution in [0, 0.1) is 5.92 Å². The standard InChI is InChI=1S/C13H27N3O.ClH/c1-10-6-5-7-13(8-10,16(3)4)9-15-12(17)11(2)14;/h10-11H,5-9,14H2,1-4H3,(H,15,17);1H. The fourth-order valence-corrected chi connectivity index (χ4v) is 2.77. The molecule has 0 radical (unpaired) electrons. The van der Waals surface area contributed by atoms with Gasteiger partial charge in [0.25, 0.3) is 0 Å². The predicted molar refractivity (Wildman–Crippen MR) is 78.0 cm³/mol. The van der Waals surface area contributed by atoms with Crippen molar-refractivity contribution in [2.45, 2.75) is 51.1 Å². The van der Waals surface area contributed by atoms with Gasteiger partial charge in [-0.2, -0.15) is 0 Å². The van der Waals surface area contributed by atoms with Gasteiger partial charge >= 0.3 is 0 Å².